The molecule has 7 heavy (non-hydrogen) atoms. The molecule has 0 amide bonds. The van der Waals surface area contributed by atoms with E-state index in [0.29, 0.717) is 0 Å². The van der Waals surface area contributed by atoms with Crippen molar-refractivity contribution in [3.8, 4) is 0 Å². The van der Waals surface area contributed by atoms with E-state index in [4.69, 9.17) is 5.11 Å². The van der Waals surface area contributed by atoms with E-state index in [0.717, 1.165) is 0 Å². The quantitative estimate of drug-likeness (QED) is 0.630. The van der Waals surface area contributed by atoms with E-state index in [1.54, 1.807) is 13.8 Å². The summed E-state index contributed by atoms with van der Waals surface area (Å²) in [5, 5.41) is 7.99. The fourth-order valence-electron chi connectivity index (χ4n) is 0. The summed E-state index contributed by atoms with van der Waals surface area (Å²) in [7, 11) is 0. The summed E-state index contributed by atoms with van der Waals surface area (Å²) < 4.78 is 0. The number of hydrogen-bond acceptors (Lipinski definition) is 1. The van der Waals surface area contributed by atoms with Gasteiger partial charge < -0.3 is 5.11 Å². The van der Waals surface area contributed by atoms with Gasteiger partial charge in [-0.1, -0.05) is 13.8 Å². The van der Waals surface area contributed by atoms with Gasteiger partial charge in [0.1, 0.15) is 0 Å². The van der Waals surface area contributed by atoms with Crippen LogP contribution in [0, 0.1) is 5.92 Å². The van der Waals surface area contributed by atoms with E-state index >= 15 is 0 Å². The normalized spacial score (nSPS) is 7.86. The Kier molecular flexibility index (Phi) is 6.65. The SMILES string of the molecule is CC(C)C(=O)O.[InH3]. The minimum atomic E-state index is -0.741. The summed E-state index contributed by atoms with van der Waals surface area (Å²) in [6.07, 6.45) is 0. The Morgan fingerprint density at radius 1 is 1.57 bits per heavy atom. The van der Waals surface area contributed by atoms with Crippen LogP contribution in [0.3, 0.4) is 0 Å². The van der Waals surface area contributed by atoms with Gasteiger partial charge in [-0.2, -0.15) is 0 Å². The molecule has 0 aromatic carbocycles. The summed E-state index contributed by atoms with van der Waals surface area (Å²) in [5.41, 5.74) is 0. The van der Waals surface area contributed by atoms with Crippen molar-refractivity contribution >= 4 is 31.8 Å². The van der Waals surface area contributed by atoms with Crippen molar-refractivity contribution in [1.29, 1.82) is 0 Å². The summed E-state index contributed by atoms with van der Waals surface area (Å²) in [4.78, 5) is 9.70. The van der Waals surface area contributed by atoms with Crippen LogP contribution in [0.1, 0.15) is 13.8 Å². The van der Waals surface area contributed by atoms with E-state index in [1.807, 2.05) is 0 Å². The van der Waals surface area contributed by atoms with Crippen molar-refractivity contribution in [2.24, 2.45) is 5.92 Å². The average molecular weight is 206 g/mol. The fraction of sp³-hybridized carbons (Fsp3) is 0.750. The predicted molar refractivity (Wildman–Crippen MR) is 32.4 cm³/mol. The molecule has 2 nitrogen and oxygen atoms in total. The molecule has 0 atom stereocenters. The number of aliphatic carboxylic acids is 1. The van der Waals surface area contributed by atoms with Gasteiger partial charge in [0, 0.05) is 0 Å². The molecule has 1 N–H and O–H groups in total. The number of hydrogen-bond donors (Lipinski definition) is 1. The second-order valence-electron chi connectivity index (χ2n) is 1.49. The molecule has 0 saturated heterocycles. The van der Waals surface area contributed by atoms with Crippen LogP contribution < -0.4 is 0 Å². The van der Waals surface area contributed by atoms with E-state index < -0.39 is 5.97 Å². The molecule has 0 spiro atoms. The summed E-state index contributed by atoms with van der Waals surface area (Å²) in [5.74, 6) is -0.972. The van der Waals surface area contributed by atoms with Gasteiger partial charge in [-0.05, 0) is 0 Å². The van der Waals surface area contributed by atoms with Crippen LogP contribution >= 0.6 is 0 Å². The number of carboxylic acid groups (broad SMARTS) is 1. The minimum absolute atomic E-state index is 0. The van der Waals surface area contributed by atoms with Crippen molar-refractivity contribution in [1.82, 2.24) is 0 Å². The van der Waals surface area contributed by atoms with Crippen LogP contribution in [-0.4, -0.2) is 36.9 Å². The molecule has 0 aromatic heterocycles. The molecule has 0 fully saturated rings. The van der Waals surface area contributed by atoms with Crippen molar-refractivity contribution in [2.45, 2.75) is 13.8 Å². The zero-order valence-corrected chi connectivity index (χ0v) is 3.93. The third-order valence-electron chi connectivity index (χ3n) is 0.494. The van der Waals surface area contributed by atoms with Crippen LogP contribution in [-0.2, 0) is 4.79 Å². The standard InChI is InChI=1S/C4H8O2.In.3H/c1-3(2)4(5)6;;;;/h3H,1-2H3,(H,5,6);;;;. The first-order valence-corrected chi connectivity index (χ1v) is 1.87. The molecule has 0 radical (unpaired) electrons. The Morgan fingerprint density at radius 3 is 1.71 bits per heavy atom. The van der Waals surface area contributed by atoms with Gasteiger partial charge in [-0.25, -0.2) is 0 Å². The maximum absolute atomic E-state index is 9.70. The second-order valence-corrected chi connectivity index (χ2v) is 1.49. The van der Waals surface area contributed by atoms with Crippen LogP contribution in [0.4, 0.5) is 0 Å². The van der Waals surface area contributed by atoms with Crippen molar-refractivity contribution in [3.63, 3.8) is 0 Å². The number of rotatable bonds is 1. The van der Waals surface area contributed by atoms with Crippen LogP contribution in [0.5, 0.6) is 0 Å². The summed E-state index contributed by atoms with van der Waals surface area (Å²) >= 11 is 0. The molecule has 42 valence electrons. The van der Waals surface area contributed by atoms with Crippen LogP contribution in [0.2, 0.25) is 0 Å². The van der Waals surface area contributed by atoms with Crippen LogP contribution in [0.25, 0.3) is 0 Å². The fourth-order valence-corrected chi connectivity index (χ4v) is 0. The first-order chi connectivity index (χ1) is 2.64. The third kappa shape index (κ3) is 6.34. The molecule has 0 aromatic rings. The first-order valence-electron chi connectivity index (χ1n) is 1.87. The monoisotopic (exact) mass is 206 g/mol. The molecule has 0 heterocycles. The Balaban J connectivity index is 0. The number of carboxylic acids is 1. The first kappa shape index (κ1) is 10.3. The summed E-state index contributed by atoms with van der Waals surface area (Å²) in [6, 6.07) is 0. The molecule has 0 aliphatic carbocycles. The van der Waals surface area contributed by atoms with E-state index in [-0.39, 0.29) is 31.8 Å². The van der Waals surface area contributed by atoms with E-state index in [1.165, 1.54) is 0 Å². The Hall–Kier alpha value is 0.340. The number of carbonyl (C=O) groups is 1. The molecule has 3 heteroatoms. The van der Waals surface area contributed by atoms with Gasteiger partial charge in [0.05, 0.1) is 5.92 Å². The van der Waals surface area contributed by atoms with E-state index in [2.05, 4.69) is 0 Å². The molecule has 0 aliphatic heterocycles. The molecular formula is C4H11InO2. The van der Waals surface area contributed by atoms with Crippen molar-refractivity contribution in [3.05, 3.63) is 0 Å². The third-order valence-corrected chi connectivity index (χ3v) is 0.494. The molecule has 0 saturated carbocycles. The predicted octanol–water partition coefficient (Wildman–Crippen LogP) is -0.457. The summed E-state index contributed by atoms with van der Waals surface area (Å²) in [6.45, 7) is 3.28. The van der Waals surface area contributed by atoms with Crippen molar-refractivity contribution in [2.75, 3.05) is 0 Å². The Labute approximate surface area is 61.7 Å². The maximum atomic E-state index is 9.70. The van der Waals surface area contributed by atoms with Crippen molar-refractivity contribution < 1.29 is 9.90 Å². The van der Waals surface area contributed by atoms with E-state index in [9.17, 15) is 4.79 Å². The van der Waals surface area contributed by atoms with Gasteiger partial charge >= 0.3 is 31.8 Å². The van der Waals surface area contributed by atoms with Crippen LogP contribution in [0.15, 0.2) is 0 Å². The Bertz CT molecular complexity index is 60.7. The second kappa shape index (κ2) is 4.50. The topological polar surface area (TPSA) is 37.3 Å². The molecule has 0 rings (SSSR count). The molecule has 0 unspecified atom stereocenters. The zero-order valence-electron chi connectivity index (χ0n) is 3.93. The average Bonchev–Trinajstić information content (AvgIpc) is 1.36. The van der Waals surface area contributed by atoms with Gasteiger partial charge in [0.15, 0.2) is 0 Å². The van der Waals surface area contributed by atoms with Gasteiger partial charge in [0.2, 0.25) is 0 Å². The van der Waals surface area contributed by atoms with Gasteiger partial charge in [-0.3, -0.25) is 4.79 Å². The molecule has 0 bridgehead atoms. The zero-order chi connectivity index (χ0) is 5.15. The molecular weight excluding hydrogens is 195 g/mol. The van der Waals surface area contributed by atoms with Gasteiger partial charge in [0.25, 0.3) is 0 Å². The molecule has 0 aliphatic rings. The van der Waals surface area contributed by atoms with Gasteiger partial charge in [-0.15, -0.1) is 0 Å². The Morgan fingerprint density at radius 2 is 1.71 bits per heavy atom.